The van der Waals surface area contributed by atoms with Crippen LogP contribution in [0.2, 0.25) is 0 Å². The van der Waals surface area contributed by atoms with E-state index in [0.717, 1.165) is 54.5 Å². The van der Waals surface area contributed by atoms with Gasteiger partial charge in [-0.3, -0.25) is 4.79 Å². The number of hydrogen-bond acceptors (Lipinski definition) is 2. The molecule has 0 saturated heterocycles. The summed E-state index contributed by atoms with van der Waals surface area (Å²) in [6, 6.07) is 8.10. The number of aryl methyl sites for hydroxylation is 1. The number of para-hydroxylation sites is 1. The number of fused-ring (bicyclic) bond motifs is 3. The van der Waals surface area contributed by atoms with E-state index in [9.17, 15) is 4.79 Å². The lowest BCUT2D eigenvalue weighted by atomic mass is 10.2. The van der Waals surface area contributed by atoms with E-state index in [-0.39, 0.29) is 0 Å². The molecular formula is C13H14N2O. The summed E-state index contributed by atoms with van der Waals surface area (Å²) in [5.74, 6) is 0.994. The summed E-state index contributed by atoms with van der Waals surface area (Å²) >= 11 is 0. The van der Waals surface area contributed by atoms with Crippen molar-refractivity contribution in [1.29, 1.82) is 0 Å². The van der Waals surface area contributed by atoms with Gasteiger partial charge in [0.1, 0.15) is 5.82 Å². The lowest BCUT2D eigenvalue weighted by Gasteiger charge is -2.06. The summed E-state index contributed by atoms with van der Waals surface area (Å²) in [6.45, 7) is 1.95. The lowest BCUT2D eigenvalue weighted by molar-refractivity contribution is 0.112. The Hall–Kier alpha value is -1.77. The number of anilines is 1. The van der Waals surface area contributed by atoms with Crippen LogP contribution in [-0.2, 0) is 6.54 Å². The molecule has 2 aromatic rings. The Kier molecular flexibility index (Phi) is 2.17. The largest absolute Gasteiger partial charge is 0.371 e. The van der Waals surface area contributed by atoms with E-state index >= 15 is 0 Å². The summed E-state index contributed by atoms with van der Waals surface area (Å²) in [6.07, 6.45) is 3.29. The average Bonchev–Trinajstić information content (AvgIpc) is 2.49. The van der Waals surface area contributed by atoms with Gasteiger partial charge in [-0.1, -0.05) is 18.2 Å². The average molecular weight is 214 g/mol. The molecule has 1 N–H and O–H groups in total. The fourth-order valence-corrected chi connectivity index (χ4v) is 2.47. The predicted octanol–water partition coefficient (Wildman–Crippen LogP) is 2.66. The molecule has 0 spiro atoms. The normalized spacial score (nSPS) is 15.2. The molecule has 1 aromatic carbocycles. The second kappa shape index (κ2) is 3.67. The molecule has 1 aromatic heterocycles. The van der Waals surface area contributed by atoms with Crippen molar-refractivity contribution in [3.05, 3.63) is 29.8 Å². The van der Waals surface area contributed by atoms with E-state index < -0.39 is 0 Å². The fourth-order valence-electron chi connectivity index (χ4n) is 2.47. The number of nitrogens with zero attached hydrogens (tertiary/aromatic N) is 1. The van der Waals surface area contributed by atoms with Crippen LogP contribution in [0.1, 0.15) is 23.2 Å². The van der Waals surface area contributed by atoms with Crippen LogP contribution in [0.3, 0.4) is 0 Å². The van der Waals surface area contributed by atoms with Gasteiger partial charge >= 0.3 is 0 Å². The zero-order chi connectivity index (χ0) is 11.0. The monoisotopic (exact) mass is 214 g/mol. The summed E-state index contributed by atoms with van der Waals surface area (Å²) in [5.41, 5.74) is 1.96. The molecule has 3 rings (SSSR count). The quantitative estimate of drug-likeness (QED) is 0.740. The highest BCUT2D eigenvalue weighted by molar-refractivity contribution is 6.03. The highest BCUT2D eigenvalue weighted by Crippen LogP contribution is 2.30. The first-order valence-corrected chi connectivity index (χ1v) is 5.72. The second-order valence-corrected chi connectivity index (χ2v) is 4.18. The van der Waals surface area contributed by atoms with Gasteiger partial charge in [0.2, 0.25) is 0 Å². The molecule has 3 nitrogen and oxygen atoms in total. The van der Waals surface area contributed by atoms with Crippen molar-refractivity contribution in [3.8, 4) is 0 Å². The molecule has 2 heterocycles. The van der Waals surface area contributed by atoms with Crippen molar-refractivity contribution in [1.82, 2.24) is 4.57 Å². The van der Waals surface area contributed by atoms with Gasteiger partial charge < -0.3 is 9.88 Å². The van der Waals surface area contributed by atoms with Crippen LogP contribution >= 0.6 is 0 Å². The third kappa shape index (κ3) is 1.24. The van der Waals surface area contributed by atoms with Crippen molar-refractivity contribution in [2.75, 3.05) is 11.9 Å². The Morgan fingerprint density at radius 3 is 3.00 bits per heavy atom. The van der Waals surface area contributed by atoms with E-state index in [4.69, 9.17) is 0 Å². The van der Waals surface area contributed by atoms with Crippen LogP contribution in [0.4, 0.5) is 5.82 Å². The standard InChI is InChI=1S/C13H14N2O/c16-9-11-10-5-1-2-6-12(10)15-8-4-3-7-14-13(11)15/h1-2,5-6,9,14H,3-4,7-8H2. The van der Waals surface area contributed by atoms with Crippen molar-refractivity contribution in [3.63, 3.8) is 0 Å². The van der Waals surface area contributed by atoms with Gasteiger partial charge in [0.05, 0.1) is 11.1 Å². The maximum atomic E-state index is 11.2. The first kappa shape index (κ1) is 9.46. The minimum Gasteiger partial charge on any atom is -0.371 e. The smallest absolute Gasteiger partial charge is 0.154 e. The van der Waals surface area contributed by atoms with Crippen LogP contribution in [0.5, 0.6) is 0 Å². The van der Waals surface area contributed by atoms with Crippen molar-refractivity contribution in [2.45, 2.75) is 19.4 Å². The van der Waals surface area contributed by atoms with E-state index in [2.05, 4.69) is 16.0 Å². The molecule has 0 amide bonds. The summed E-state index contributed by atoms with van der Waals surface area (Å²) in [5, 5.41) is 4.42. The lowest BCUT2D eigenvalue weighted by Crippen LogP contribution is -2.03. The molecular weight excluding hydrogens is 200 g/mol. The fraction of sp³-hybridized carbons (Fsp3) is 0.308. The molecule has 1 aliphatic heterocycles. The molecule has 0 unspecified atom stereocenters. The van der Waals surface area contributed by atoms with Gasteiger partial charge in [-0.2, -0.15) is 0 Å². The Balaban J connectivity index is 2.35. The zero-order valence-electron chi connectivity index (χ0n) is 9.07. The van der Waals surface area contributed by atoms with Gasteiger partial charge in [-0.05, 0) is 18.9 Å². The molecule has 0 bridgehead atoms. The van der Waals surface area contributed by atoms with Crippen LogP contribution in [0.15, 0.2) is 24.3 Å². The van der Waals surface area contributed by atoms with Crippen LogP contribution in [0, 0.1) is 0 Å². The third-order valence-electron chi connectivity index (χ3n) is 3.23. The topological polar surface area (TPSA) is 34.0 Å². The van der Waals surface area contributed by atoms with Gasteiger partial charge in [0, 0.05) is 18.5 Å². The summed E-state index contributed by atoms with van der Waals surface area (Å²) in [4.78, 5) is 11.2. The van der Waals surface area contributed by atoms with Crippen LogP contribution in [-0.4, -0.2) is 17.4 Å². The zero-order valence-corrected chi connectivity index (χ0v) is 9.07. The Labute approximate surface area is 94.1 Å². The number of carbonyl (C=O) groups excluding carboxylic acids is 1. The number of aldehydes is 1. The highest BCUT2D eigenvalue weighted by atomic mass is 16.1. The summed E-state index contributed by atoms with van der Waals surface area (Å²) < 4.78 is 2.23. The molecule has 3 heteroatoms. The van der Waals surface area contributed by atoms with Crippen molar-refractivity contribution < 1.29 is 4.79 Å². The van der Waals surface area contributed by atoms with Crippen LogP contribution < -0.4 is 5.32 Å². The first-order valence-electron chi connectivity index (χ1n) is 5.72. The van der Waals surface area contributed by atoms with E-state index in [1.807, 2.05) is 18.2 Å². The Bertz CT molecular complexity index is 542. The van der Waals surface area contributed by atoms with Crippen molar-refractivity contribution >= 4 is 23.0 Å². The first-order chi connectivity index (χ1) is 7.92. The molecule has 0 atom stereocenters. The Morgan fingerprint density at radius 1 is 1.25 bits per heavy atom. The number of rotatable bonds is 1. The number of benzene rings is 1. The Morgan fingerprint density at radius 2 is 2.12 bits per heavy atom. The van der Waals surface area contributed by atoms with Crippen molar-refractivity contribution in [2.24, 2.45) is 0 Å². The van der Waals surface area contributed by atoms with E-state index in [1.54, 1.807) is 0 Å². The van der Waals surface area contributed by atoms with Crippen LogP contribution in [0.25, 0.3) is 10.9 Å². The minimum atomic E-state index is 0.803. The molecule has 0 fully saturated rings. The molecule has 1 aliphatic rings. The predicted molar refractivity (Wildman–Crippen MR) is 65.0 cm³/mol. The van der Waals surface area contributed by atoms with Gasteiger partial charge in [-0.15, -0.1) is 0 Å². The molecule has 0 saturated carbocycles. The number of aromatic nitrogens is 1. The highest BCUT2D eigenvalue weighted by Gasteiger charge is 2.17. The maximum Gasteiger partial charge on any atom is 0.154 e. The molecule has 0 radical (unpaired) electrons. The van der Waals surface area contributed by atoms with Gasteiger partial charge in [0.25, 0.3) is 0 Å². The van der Waals surface area contributed by atoms with E-state index in [0.29, 0.717) is 0 Å². The maximum absolute atomic E-state index is 11.2. The molecule has 82 valence electrons. The SMILES string of the molecule is O=Cc1c2n(c3ccccc13)CCCCN2. The minimum absolute atomic E-state index is 0.803. The number of hydrogen-bond donors (Lipinski definition) is 1. The summed E-state index contributed by atoms with van der Waals surface area (Å²) in [7, 11) is 0. The molecule has 0 aliphatic carbocycles. The second-order valence-electron chi connectivity index (χ2n) is 4.18. The third-order valence-corrected chi connectivity index (χ3v) is 3.23. The van der Waals surface area contributed by atoms with Gasteiger partial charge in [-0.25, -0.2) is 0 Å². The van der Waals surface area contributed by atoms with E-state index in [1.165, 1.54) is 0 Å². The van der Waals surface area contributed by atoms with Gasteiger partial charge in [0.15, 0.2) is 6.29 Å². The number of carbonyl (C=O) groups is 1. The number of nitrogens with one attached hydrogen (secondary N) is 1. The molecule has 16 heavy (non-hydrogen) atoms.